The Morgan fingerprint density at radius 2 is 2.31 bits per heavy atom. The first-order valence-electron chi connectivity index (χ1n) is 4.64. The van der Waals surface area contributed by atoms with Crippen LogP contribution < -0.4 is 10.5 Å². The van der Waals surface area contributed by atoms with Crippen LogP contribution in [0.4, 0.5) is 0 Å². The molecular formula is C10H9NO5. The molecule has 0 aliphatic heterocycles. The molecule has 0 aliphatic carbocycles. The van der Waals surface area contributed by atoms with Crippen molar-refractivity contribution in [2.75, 3.05) is 6.61 Å². The SMILES string of the molecule is CCOc1cc(C(=O)O)cc2oc(=O)[nH]c12. The van der Waals surface area contributed by atoms with Crippen LogP contribution in [0.15, 0.2) is 21.3 Å². The Morgan fingerprint density at radius 1 is 1.56 bits per heavy atom. The van der Waals surface area contributed by atoms with E-state index in [9.17, 15) is 9.59 Å². The van der Waals surface area contributed by atoms with E-state index < -0.39 is 11.7 Å². The van der Waals surface area contributed by atoms with Crippen LogP contribution in [0.3, 0.4) is 0 Å². The molecule has 6 nitrogen and oxygen atoms in total. The molecule has 0 bridgehead atoms. The van der Waals surface area contributed by atoms with Crippen LogP contribution in [0.1, 0.15) is 17.3 Å². The highest BCUT2D eigenvalue weighted by Gasteiger charge is 2.13. The first kappa shape index (κ1) is 10.3. The molecule has 2 rings (SSSR count). The topological polar surface area (TPSA) is 92.5 Å². The smallest absolute Gasteiger partial charge is 0.417 e. The summed E-state index contributed by atoms with van der Waals surface area (Å²) in [5.74, 6) is -1.45. The third-order valence-electron chi connectivity index (χ3n) is 2.04. The molecule has 16 heavy (non-hydrogen) atoms. The molecule has 0 amide bonds. The zero-order chi connectivity index (χ0) is 11.7. The van der Waals surface area contributed by atoms with Crippen molar-refractivity contribution in [3.8, 4) is 5.75 Å². The second kappa shape index (κ2) is 3.73. The van der Waals surface area contributed by atoms with E-state index in [1.807, 2.05) is 0 Å². The molecule has 1 aromatic carbocycles. The minimum absolute atomic E-state index is 0.0127. The van der Waals surface area contributed by atoms with E-state index in [1.54, 1.807) is 6.92 Å². The summed E-state index contributed by atoms with van der Waals surface area (Å²) < 4.78 is 10.0. The summed E-state index contributed by atoms with van der Waals surface area (Å²) in [7, 11) is 0. The Balaban J connectivity index is 2.72. The Hall–Kier alpha value is -2.24. The maximum Gasteiger partial charge on any atom is 0.417 e. The highest BCUT2D eigenvalue weighted by molar-refractivity contribution is 5.94. The summed E-state index contributed by atoms with van der Waals surface area (Å²) in [4.78, 5) is 24.3. The molecule has 84 valence electrons. The zero-order valence-electron chi connectivity index (χ0n) is 8.44. The van der Waals surface area contributed by atoms with E-state index in [4.69, 9.17) is 14.3 Å². The molecule has 2 N–H and O–H groups in total. The number of rotatable bonds is 3. The number of aromatic carboxylic acids is 1. The summed E-state index contributed by atoms with van der Waals surface area (Å²) >= 11 is 0. The average molecular weight is 223 g/mol. The van der Waals surface area contributed by atoms with Gasteiger partial charge in [-0.1, -0.05) is 0 Å². The summed E-state index contributed by atoms with van der Waals surface area (Å²) in [5, 5.41) is 8.86. The number of aromatic amines is 1. The lowest BCUT2D eigenvalue weighted by molar-refractivity contribution is 0.0696. The van der Waals surface area contributed by atoms with Crippen LogP contribution in [0, 0.1) is 0 Å². The number of aromatic nitrogens is 1. The van der Waals surface area contributed by atoms with Gasteiger partial charge in [-0.2, -0.15) is 0 Å². The van der Waals surface area contributed by atoms with E-state index in [2.05, 4.69) is 4.98 Å². The van der Waals surface area contributed by atoms with Crippen molar-refractivity contribution in [1.29, 1.82) is 0 Å². The van der Waals surface area contributed by atoms with Crippen LogP contribution >= 0.6 is 0 Å². The van der Waals surface area contributed by atoms with Gasteiger partial charge in [0.25, 0.3) is 0 Å². The molecular weight excluding hydrogens is 214 g/mol. The lowest BCUT2D eigenvalue weighted by Gasteiger charge is -2.04. The van der Waals surface area contributed by atoms with Gasteiger partial charge in [0.2, 0.25) is 0 Å². The van der Waals surface area contributed by atoms with Crippen molar-refractivity contribution >= 4 is 17.1 Å². The molecule has 0 aliphatic rings. The maximum absolute atomic E-state index is 11.0. The first-order chi connectivity index (χ1) is 7.61. The fourth-order valence-electron chi connectivity index (χ4n) is 1.41. The van der Waals surface area contributed by atoms with Crippen molar-refractivity contribution in [2.45, 2.75) is 6.92 Å². The predicted molar refractivity (Wildman–Crippen MR) is 55.0 cm³/mol. The van der Waals surface area contributed by atoms with Crippen molar-refractivity contribution < 1.29 is 19.1 Å². The number of hydrogen-bond acceptors (Lipinski definition) is 4. The standard InChI is InChI=1S/C10H9NO5/c1-2-15-6-3-5(9(12)13)4-7-8(6)11-10(14)16-7/h3-4H,2H2,1H3,(H,11,14)(H,12,13). The molecule has 6 heteroatoms. The average Bonchev–Trinajstić information content (AvgIpc) is 2.58. The minimum Gasteiger partial charge on any atom is -0.492 e. The van der Waals surface area contributed by atoms with Crippen LogP contribution in [0.25, 0.3) is 11.1 Å². The van der Waals surface area contributed by atoms with Gasteiger partial charge in [0.05, 0.1) is 12.2 Å². The highest BCUT2D eigenvalue weighted by atomic mass is 16.5. The van der Waals surface area contributed by atoms with Crippen LogP contribution in [-0.4, -0.2) is 22.7 Å². The first-order valence-corrected chi connectivity index (χ1v) is 4.64. The number of carboxylic acids is 1. The van der Waals surface area contributed by atoms with E-state index in [0.29, 0.717) is 17.9 Å². The molecule has 2 aromatic rings. The molecule has 0 unspecified atom stereocenters. The van der Waals surface area contributed by atoms with Gasteiger partial charge in [-0.15, -0.1) is 0 Å². The van der Waals surface area contributed by atoms with Gasteiger partial charge in [-0.05, 0) is 19.1 Å². The van der Waals surface area contributed by atoms with Crippen molar-refractivity contribution in [1.82, 2.24) is 4.98 Å². The van der Waals surface area contributed by atoms with Crippen LogP contribution in [0.2, 0.25) is 0 Å². The highest BCUT2D eigenvalue weighted by Crippen LogP contribution is 2.25. The molecule has 1 heterocycles. The summed E-state index contributed by atoms with van der Waals surface area (Å²) in [6, 6.07) is 2.62. The molecule has 0 saturated carbocycles. The lowest BCUT2D eigenvalue weighted by Crippen LogP contribution is -1.99. The third kappa shape index (κ3) is 1.65. The number of hydrogen-bond donors (Lipinski definition) is 2. The predicted octanol–water partition coefficient (Wildman–Crippen LogP) is 1.22. The second-order valence-corrected chi connectivity index (χ2v) is 3.10. The minimum atomic E-state index is -1.10. The Labute approximate surface area is 89.5 Å². The van der Waals surface area contributed by atoms with E-state index >= 15 is 0 Å². The van der Waals surface area contributed by atoms with Gasteiger partial charge in [-0.25, -0.2) is 9.59 Å². The molecule has 0 saturated heterocycles. The number of oxazole rings is 1. The molecule has 0 atom stereocenters. The molecule has 0 radical (unpaired) electrons. The largest absolute Gasteiger partial charge is 0.492 e. The van der Waals surface area contributed by atoms with Gasteiger partial charge < -0.3 is 14.3 Å². The summed E-state index contributed by atoms with van der Waals surface area (Å²) in [5.41, 5.74) is 0.559. The fraction of sp³-hybridized carbons (Fsp3) is 0.200. The normalized spacial score (nSPS) is 10.6. The molecule has 0 fully saturated rings. The Kier molecular flexibility index (Phi) is 2.40. The van der Waals surface area contributed by atoms with Gasteiger partial charge in [-0.3, -0.25) is 4.98 Å². The lowest BCUT2D eigenvalue weighted by atomic mass is 10.2. The Bertz CT molecular complexity index is 595. The van der Waals surface area contributed by atoms with Crippen LogP contribution in [-0.2, 0) is 0 Å². The summed E-state index contributed by atoms with van der Waals surface area (Å²) in [6.07, 6.45) is 0. The fourth-order valence-corrected chi connectivity index (χ4v) is 1.41. The van der Waals surface area contributed by atoms with Gasteiger partial charge in [0, 0.05) is 0 Å². The van der Waals surface area contributed by atoms with E-state index in [0.717, 1.165) is 0 Å². The second-order valence-electron chi connectivity index (χ2n) is 3.10. The van der Waals surface area contributed by atoms with Gasteiger partial charge >= 0.3 is 11.7 Å². The third-order valence-corrected chi connectivity index (χ3v) is 2.04. The number of carbonyl (C=O) groups is 1. The molecule has 1 aromatic heterocycles. The monoisotopic (exact) mass is 223 g/mol. The number of ether oxygens (including phenoxy) is 1. The zero-order valence-corrected chi connectivity index (χ0v) is 8.44. The number of nitrogens with one attached hydrogen (secondary N) is 1. The number of H-pyrrole nitrogens is 1. The van der Waals surface area contributed by atoms with Gasteiger partial charge in [0.1, 0.15) is 11.3 Å². The number of carboxylic acid groups (broad SMARTS) is 1. The van der Waals surface area contributed by atoms with Crippen LogP contribution in [0.5, 0.6) is 5.75 Å². The summed E-state index contributed by atoms with van der Waals surface area (Å²) in [6.45, 7) is 2.13. The van der Waals surface area contributed by atoms with Gasteiger partial charge in [0.15, 0.2) is 5.58 Å². The van der Waals surface area contributed by atoms with Crippen molar-refractivity contribution in [2.24, 2.45) is 0 Å². The molecule has 0 spiro atoms. The van der Waals surface area contributed by atoms with E-state index in [-0.39, 0.29) is 11.1 Å². The quantitative estimate of drug-likeness (QED) is 0.815. The number of fused-ring (bicyclic) bond motifs is 1. The maximum atomic E-state index is 11.0. The van der Waals surface area contributed by atoms with Crippen molar-refractivity contribution in [3.05, 3.63) is 28.2 Å². The number of benzene rings is 1. The van der Waals surface area contributed by atoms with Crippen molar-refractivity contribution in [3.63, 3.8) is 0 Å². The van der Waals surface area contributed by atoms with E-state index in [1.165, 1.54) is 12.1 Å². The Morgan fingerprint density at radius 3 is 2.94 bits per heavy atom.